The Hall–Kier alpha value is -1.29. The normalized spacial score (nSPS) is 15.2. The van der Waals surface area contributed by atoms with E-state index in [1.165, 1.54) is 17.7 Å². The van der Waals surface area contributed by atoms with Gasteiger partial charge in [-0.3, -0.25) is 5.32 Å². The van der Waals surface area contributed by atoms with Crippen LogP contribution >= 0.6 is 11.3 Å². The Morgan fingerprint density at radius 2 is 2.11 bits per heavy atom. The molecule has 0 aliphatic heterocycles. The van der Waals surface area contributed by atoms with Crippen LogP contribution in [-0.4, -0.2) is 11.7 Å². The molecule has 4 heteroatoms. The monoisotopic (exact) mass is 279 g/mol. The van der Waals surface area contributed by atoms with E-state index in [-0.39, 0.29) is 0 Å². The van der Waals surface area contributed by atoms with E-state index in [2.05, 4.69) is 18.0 Å². The number of hydrogen-bond donors (Lipinski definition) is 1. The number of carbonyl (C=O) groups excluding carboxylic acids is 1. The molecule has 104 valence electrons. The molecule has 1 aliphatic carbocycles. The Labute approximate surface area is 118 Å². The number of allylic oxidation sites excluding steroid dienone is 1. The topological polar surface area (TPSA) is 38.3 Å². The van der Waals surface area contributed by atoms with Gasteiger partial charge in [-0.25, -0.2) is 4.79 Å². The highest BCUT2D eigenvalue weighted by molar-refractivity contribution is 7.13. The Bertz CT molecular complexity index is 507. The van der Waals surface area contributed by atoms with Crippen molar-refractivity contribution in [2.45, 2.75) is 52.1 Å². The van der Waals surface area contributed by atoms with Crippen molar-refractivity contribution in [1.29, 1.82) is 0 Å². The zero-order chi connectivity index (χ0) is 14.2. The summed E-state index contributed by atoms with van der Waals surface area (Å²) in [4.78, 5) is 14.2. The van der Waals surface area contributed by atoms with Gasteiger partial charge in [-0.1, -0.05) is 6.58 Å². The summed E-state index contributed by atoms with van der Waals surface area (Å²) in [7, 11) is 0. The first-order valence-electron chi connectivity index (χ1n) is 6.56. The van der Waals surface area contributed by atoms with E-state index in [9.17, 15) is 4.79 Å². The van der Waals surface area contributed by atoms with Gasteiger partial charge in [-0.05, 0) is 58.1 Å². The predicted octanol–water partition coefficient (Wildman–Crippen LogP) is 5.01. The molecule has 1 heterocycles. The molecular weight excluding hydrogens is 258 g/mol. The van der Waals surface area contributed by atoms with Crippen molar-refractivity contribution in [2.24, 2.45) is 0 Å². The van der Waals surface area contributed by atoms with E-state index < -0.39 is 11.7 Å². The zero-order valence-electron chi connectivity index (χ0n) is 12.0. The van der Waals surface area contributed by atoms with Crippen LogP contribution in [0.3, 0.4) is 0 Å². The van der Waals surface area contributed by atoms with Crippen LogP contribution in [-0.2, 0) is 4.74 Å². The molecular formula is C15H21NO2S. The smallest absolute Gasteiger partial charge is 0.412 e. The summed E-state index contributed by atoms with van der Waals surface area (Å²) in [5.41, 5.74) is 1.32. The molecule has 1 N–H and O–H groups in total. The number of hydrogen-bond acceptors (Lipinski definition) is 3. The van der Waals surface area contributed by atoms with Crippen LogP contribution < -0.4 is 5.32 Å². The fourth-order valence-corrected chi connectivity index (χ4v) is 3.01. The van der Waals surface area contributed by atoms with Gasteiger partial charge in [0.1, 0.15) is 5.60 Å². The second-order valence-electron chi connectivity index (χ2n) is 6.07. The van der Waals surface area contributed by atoms with Gasteiger partial charge in [0, 0.05) is 4.88 Å². The molecule has 3 nitrogen and oxygen atoms in total. The van der Waals surface area contributed by atoms with Crippen LogP contribution in [0.25, 0.3) is 5.57 Å². The van der Waals surface area contributed by atoms with Gasteiger partial charge < -0.3 is 4.74 Å². The molecule has 0 bridgehead atoms. The number of thiophene rings is 1. The molecule has 1 aromatic heterocycles. The Morgan fingerprint density at radius 1 is 1.47 bits per heavy atom. The van der Waals surface area contributed by atoms with Crippen molar-refractivity contribution in [3.05, 3.63) is 22.4 Å². The van der Waals surface area contributed by atoms with Gasteiger partial charge in [0.25, 0.3) is 0 Å². The number of carbonyl (C=O) groups is 1. The second-order valence-corrected chi connectivity index (χ2v) is 7.16. The third-order valence-electron chi connectivity index (χ3n) is 2.75. The molecule has 19 heavy (non-hydrogen) atoms. The third-order valence-corrected chi connectivity index (χ3v) is 4.21. The molecule has 0 spiro atoms. The summed E-state index contributed by atoms with van der Waals surface area (Å²) in [6.45, 7) is 11.5. The van der Waals surface area contributed by atoms with Crippen molar-refractivity contribution < 1.29 is 9.53 Å². The molecule has 0 radical (unpaired) electrons. The minimum absolute atomic E-state index is 0.407. The third kappa shape index (κ3) is 3.83. The zero-order valence-corrected chi connectivity index (χ0v) is 12.8. The summed E-state index contributed by atoms with van der Waals surface area (Å²) in [5.74, 6) is 0.678. The maximum absolute atomic E-state index is 11.8. The minimum Gasteiger partial charge on any atom is -0.444 e. The molecule has 2 rings (SSSR count). The van der Waals surface area contributed by atoms with E-state index in [1.807, 2.05) is 27.7 Å². The van der Waals surface area contributed by atoms with Crippen LogP contribution in [0.5, 0.6) is 0 Å². The highest BCUT2D eigenvalue weighted by Gasteiger charge is 2.27. The van der Waals surface area contributed by atoms with E-state index in [0.29, 0.717) is 5.92 Å². The summed E-state index contributed by atoms with van der Waals surface area (Å²) in [6, 6.07) is 2.07. The summed E-state index contributed by atoms with van der Waals surface area (Å²) >= 11 is 1.73. The standard InChI is InChI=1S/C15H21NO2S/c1-9(2)13-11(8-12(19-13)10-6-7-10)16-14(17)18-15(3,4)5/h8,10H,1,6-7H2,2-5H3,(H,16,17). The fourth-order valence-electron chi connectivity index (χ4n) is 1.80. The first kappa shape index (κ1) is 14.1. The van der Waals surface area contributed by atoms with Crippen molar-refractivity contribution in [2.75, 3.05) is 5.32 Å². The molecule has 1 amide bonds. The maximum atomic E-state index is 11.8. The van der Waals surface area contributed by atoms with Gasteiger partial charge in [0.05, 0.1) is 10.6 Å². The van der Waals surface area contributed by atoms with Crippen LogP contribution in [0, 0.1) is 0 Å². The number of amides is 1. The quantitative estimate of drug-likeness (QED) is 0.845. The van der Waals surface area contributed by atoms with E-state index in [1.54, 1.807) is 11.3 Å². The van der Waals surface area contributed by atoms with Crippen LogP contribution in [0.4, 0.5) is 10.5 Å². The van der Waals surface area contributed by atoms with Crippen molar-refractivity contribution in [3.63, 3.8) is 0 Å². The highest BCUT2D eigenvalue weighted by Crippen LogP contribution is 2.46. The summed E-state index contributed by atoms with van der Waals surface area (Å²) < 4.78 is 5.29. The number of nitrogens with one attached hydrogen (secondary N) is 1. The van der Waals surface area contributed by atoms with E-state index >= 15 is 0 Å². The van der Waals surface area contributed by atoms with Gasteiger partial charge >= 0.3 is 6.09 Å². The van der Waals surface area contributed by atoms with Gasteiger partial charge in [-0.2, -0.15) is 0 Å². The Morgan fingerprint density at radius 3 is 2.58 bits per heavy atom. The minimum atomic E-state index is -0.483. The predicted molar refractivity (Wildman–Crippen MR) is 80.9 cm³/mol. The largest absolute Gasteiger partial charge is 0.444 e. The molecule has 0 atom stereocenters. The Balaban J connectivity index is 2.14. The summed E-state index contributed by atoms with van der Waals surface area (Å²) in [5, 5.41) is 2.84. The summed E-state index contributed by atoms with van der Waals surface area (Å²) in [6.07, 6.45) is 2.10. The first-order valence-corrected chi connectivity index (χ1v) is 7.37. The van der Waals surface area contributed by atoms with Gasteiger partial charge in [0.15, 0.2) is 0 Å². The van der Waals surface area contributed by atoms with Crippen molar-refractivity contribution in [1.82, 2.24) is 0 Å². The average molecular weight is 279 g/mol. The highest BCUT2D eigenvalue weighted by atomic mass is 32.1. The first-order chi connectivity index (χ1) is 8.76. The van der Waals surface area contributed by atoms with Crippen LogP contribution in [0.1, 0.15) is 56.2 Å². The van der Waals surface area contributed by atoms with E-state index in [0.717, 1.165) is 16.1 Å². The van der Waals surface area contributed by atoms with Crippen LogP contribution in [0.2, 0.25) is 0 Å². The average Bonchev–Trinajstić information content (AvgIpc) is 2.98. The van der Waals surface area contributed by atoms with E-state index in [4.69, 9.17) is 4.74 Å². The molecule has 0 unspecified atom stereocenters. The van der Waals surface area contributed by atoms with Crippen molar-refractivity contribution >= 4 is 28.7 Å². The number of anilines is 1. The SMILES string of the molecule is C=C(C)c1sc(C2CC2)cc1NC(=O)OC(C)(C)C. The fraction of sp³-hybridized carbons (Fsp3) is 0.533. The lowest BCUT2D eigenvalue weighted by Crippen LogP contribution is -2.27. The number of rotatable bonds is 3. The maximum Gasteiger partial charge on any atom is 0.412 e. The Kier molecular flexibility index (Phi) is 3.72. The lowest BCUT2D eigenvalue weighted by Gasteiger charge is -2.19. The molecule has 0 aromatic carbocycles. The molecule has 1 fully saturated rings. The molecule has 0 saturated heterocycles. The molecule has 1 saturated carbocycles. The van der Waals surface area contributed by atoms with Crippen LogP contribution in [0.15, 0.2) is 12.6 Å². The molecule has 1 aliphatic rings. The van der Waals surface area contributed by atoms with Gasteiger partial charge in [0.2, 0.25) is 0 Å². The second kappa shape index (κ2) is 5.00. The molecule has 1 aromatic rings. The van der Waals surface area contributed by atoms with Crippen molar-refractivity contribution in [3.8, 4) is 0 Å². The lowest BCUT2D eigenvalue weighted by atomic mass is 10.2. The number of ether oxygens (including phenoxy) is 1. The van der Waals surface area contributed by atoms with Gasteiger partial charge in [-0.15, -0.1) is 11.3 Å². The lowest BCUT2D eigenvalue weighted by molar-refractivity contribution is 0.0636.